The summed E-state index contributed by atoms with van der Waals surface area (Å²) in [6.45, 7) is 2.69. The second-order valence-electron chi connectivity index (χ2n) is 5.75. The van der Waals surface area contributed by atoms with E-state index in [0.29, 0.717) is 23.8 Å². The summed E-state index contributed by atoms with van der Waals surface area (Å²) in [6.07, 6.45) is 2.43. The van der Waals surface area contributed by atoms with E-state index in [2.05, 4.69) is 10.2 Å². The summed E-state index contributed by atoms with van der Waals surface area (Å²) in [5, 5.41) is 8.33. The number of carbonyl (C=O) groups is 1. The second kappa shape index (κ2) is 7.82. The van der Waals surface area contributed by atoms with E-state index in [0.717, 1.165) is 23.2 Å². The maximum Gasteiger partial charge on any atom is 0.279 e. The first-order chi connectivity index (χ1) is 12.7. The summed E-state index contributed by atoms with van der Waals surface area (Å²) >= 11 is 0. The Hall–Kier alpha value is -3.15. The summed E-state index contributed by atoms with van der Waals surface area (Å²) < 4.78 is 10.7. The molecular formula is C20H21N3O3. The number of methoxy groups -OCH3 is 2. The first-order valence-electron chi connectivity index (χ1n) is 8.44. The fourth-order valence-electron chi connectivity index (χ4n) is 2.97. The number of anilines is 1. The average Bonchev–Trinajstić information content (AvgIpc) is 2.94. The molecule has 1 aliphatic heterocycles. The van der Waals surface area contributed by atoms with Crippen molar-refractivity contribution in [3.05, 3.63) is 53.6 Å². The molecule has 0 atom stereocenters. The van der Waals surface area contributed by atoms with Gasteiger partial charge in [0, 0.05) is 17.7 Å². The zero-order valence-corrected chi connectivity index (χ0v) is 15.1. The van der Waals surface area contributed by atoms with Crippen LogP contribution in [0.3, 0.4) is 0 Å². The average molecular weight is 351 g/mol. The molecule has 0 saturated heterocycles. The second-order valence-corrected chi connectivity index (χ2v) is 5.75. The van der Waals surface area contributed by atoms with Gasteiger partial charge in [-0.25, -0.2) is 0 Å². The zero-order chi connectivity index (χ0) is 18.5. The molecule has 0 aromatic heterocycles. The highest BCUT2D eigenvalue weighted by molar-refractivity contribution is 6.54. The Bertz CT molecular complexity index is 874. The van der Waals surface area contributed by atoms with Crippen molar-refractivity contribution >= 4 is 23.5 Å². The van der Waals surface area contributed by atoms with Crippen molar-refractivity contribution in [2.24, 2.45) is 10.2 Å². The van der Waals surface area contributed by atoms with Crippen LogP contribution in [0.1, 0.15) is 24.5 Å². The summed E-state index contributed by atoms with van der Waals surface area (Å²) in [6, 6.07) is 13.1. The molecule has 6 nitrogen and oxygen atoms in total. The Morgan fingerprint density at radius 1 is 1.08 bits per heavy atom. The van der Waals surface area contributed by atoms with Crippen LogP contribution in [0.4, 0.5) is 5.69 Å². The number of hydrogen-bond donors (Lipinski definition) is 0. The maximum absolute atomic E-state index is 12.7. The molecule has 2 aromatic carbocycles. The molecule has 1 aliphatic rings. The van der Waals surface area contributed by atoms with E-state index in [1.54, 1.807) is 31.4 Å². The van der Waals surface area contributed by atoms with Crippen LogP contribution in [-0.2, 0) is 4.79 Å². The third-order valence-electron chi connectivity index (χ3n) is 4.13. The molecule has 0 spiro atoms. The molecule has 0 unspecified atom stereocenters. The van der Waals surface area contributed by atoms with Crippen molar-refractivity contribution in [2.45, 2.75) is 13.3 Å². The SMILES string of the molecule is CCCN1C(=O)/C(=N/N=C\c2cccc(OC)c2OC)c2ccccc21. The molecule has 0 radical (unpaired) electrons. The molecule has 26 heavy (non-hydrogen) atoms. The molecule has 1 heterocycles. The Kier molecular flexibility index (Phi) is 5.31. The van der Waals surface area contributed by atoms with Crippen LogP contribution in [0.15, 0.2) is 52.7 Å². The number of hydrogen-bond acceptors (Lipinski definition) is 5. The van der Waals surface area contributed by atoms with Crippen LogP contribution in [0, 0.1) is 0 Å². The minimum absolute atomic E-state index is 0.122. The molecule has 1 amide bonds. The minimum atomic E-state index is -0.122. The molecule has 0 N–H and O–H groups in total. The van der Waals surface area contributed by atoms with Gasteiger partial charge in [-0.15, -0.1) is 5.10 Å². The standard InChI is InChI=1S/C20H21N3O3/c1-4-12-23-16-10-6-5-9-15(16)18(20(23)24)22-21-13-14-8-7-11-17(25-2)19(14)26-3/h5-11,13H,4,12H2,1-3H3/b21-13-,22-18+. The molecule has 0 aliphatic carbocycles. The third kappa shape index (κ3) is 3.18. The monoisotopic (exact) mass is 351 g/mol. The van der Waals surface area contributed by atoms with E-state index >= 15 is 0 Å². The summed E-state index contributed by atoms with van der Waals surface area (Å²) in [7, 11) is 3.15. The Morgan fingerprint density at radius 2 is 1.88 bits per heavy atom. The van der Waals surface area contributed by atoms with Crippen molar-refractivity contribution in [3.63, 3.8) is 0 Å². The highest BCUT2D eigenvalue weighted by atomic mass is 16.5. The lowest BCUT2D eigenvalue weighted by atomic mass is 10.1. The van der Waals surface area contributed by atoms with Gasteiger partial charge in [-0.3, -0.25) is 4.79 Å². The fourth-order valence-corrected chi connectivity index (χ4v) is 2.97. The van der Waals surface area contributed by atoms with E-state index in [4.69, 9.17) is 9.47 Å². The normalized spacial score (nSPS) is 15.0. The predicted octanol–water partition coefficient (Wildman–Crippen LogP) is 3.28. The molecule has 0 fully saturated rings. The number of nitrogens with zero attached hydrogens (tertiary/aromatic N) is 3. The molecule has 0 saturated carbocycles. The quantitative estimate of drug-likeness (QED) is 0.593. The van der Waals surface area contributed by atoms with Crippen LogP contribution >= 0.6 is 0 Å². The molecule has 134 valence electrons. The van der Waals surface area contributed by atoms with Crippen LogP contribution in [0.25, 0.3) is 0 Å². The van der Waals surface area contributed by atoms with Gasteiger partial charge in [0.05, 0.1) is 26.1 Å². The van der Waals surface area contributed by atoms with Crippen molar-refractivity contribution in [1.29, 1.82) is 0 Å². The smallest absolute Gasteiger partial charge is 0.279 e. The lowest BCUT2D eigenvalue weighted by Gasteiger charge is -2.14. The van der Waals surface area contributed by atoms with E-state index in [1.165, 1.54) is 0 Å². The van der Waals surface area contributed by atoms with Gasteiger partial charge in [0.1, 0.15) is 0 Å². The van der Waals surface area contributed by atoms with Gasteiger partial charge < -0.3 is 14.4 Å². The molecule has 0 bridgehead atoms. The van der Waals surface area contributed by atoms with E-state index < -0.39 is 0 Å². The maximum atomic E-state index is 12.7. The van der Waals surface area contributed by atoms with Gasteiger partial charge in [-0.05, 0) is 24.6 Å². The lowest BCUT2D eigenvalue weighted by Crippen LogP contribution is -2.30. The molecule has 6 heteroatoms. The van der Waals surface area contributed by atoms with Crippen molar-refractivity contribution in [3.8, 4) is 11.5 Å². The van der Waals surface area contributed by atoms with E-state index in [1.807, 2.05) is 43.3 Å². The number of fused-ring (bicyclic) bond motifs is 1. The Morgan fingerprint density at radius 3 is 2.62 bits per heavy atom. The molecule has 2 aromatic rings. The summed E-state index contributed by atoms with van der Waals surface area (Å²) in [5.74, 6) is 1.06. The number of para-hydroxylation sites is 2. The molecule has 3 rings (SSSR count). The molecular weight excluding hydrogens is 330 g/mol. The first kappa shape index (κ1) is 17.7. The van der Waals surface area contributed by atoms with Gasteiger partial charge >= 0.3 is 0 Å². The van der Waals surface area contributed by atoms with Gasteiger partial charge in [0.25, 0.3) is 5.91 Å². The zero-order valence-electron chi connectivity index (χ0n) is 15.1. The highest BCUT2D eigenvalue weighted by Crippen LogP contribution is 2.30. The first-order valence-corrected chi connectivity index (χ1v) is 8.44. The number of amides is 1. The van der Waals surface area contributed by atoms with Crippen molar-refractivity contribution < 1.29 is 14.3 Å². The van der Waals surface area contributed by atoms with Gasteiger partial charge in [0.15, 0.2) is 17.2 Å². The van der Waals surface area contributed by atoms with Gasteiger partial charge in [-0.1, -0.05) is 31.2 Å². The Balaban J connectivity index is 1.94. The van der Waals surface area contributed by atoms with Crippen LogP contribution in [0.2, 0.25) is 0 Å². The largest absolute Gasteiger partial charge is 0.493 e. The topological polar surface area (TPSA) is 63.5 Å². The minimum Gasteiger partial charge on any atom is -0.493 e. The number of ether oxygens (including phenoxy) is 2. The van der Waals surface area contributed by atoms with Crippen LogP contribution in [0.5, 0.6) is 11.5 Å². The lowest BCUT2D eigenvalue weighted by molar-refractivity contribution is -0.112. The van der Waals surface area contributed by atoms with Gasteiger partial charge in [0.2, 0.25) is 0 Å². The number of benzene rings is 2. The summed E-state index contributed by atoms with van der Waals surface area (Å²) in [5.41, 5.74) is 2.76. The summed E-state index contributed by atoms with van der Waals surface area (Å²) in [4.78, 5) is 14.4. The van der Waals surface area contributed by atoms with E-state index in [9.17, 15) is 4.79 Å². The number of carbonyl (C=O) groups excluding carboxylic acids is 1. The van der Waals surface area contributed by atoms with Crippen LogP contribution < -0.4 is 14.4 Å². The third-order valence-corrected chi connectivity index (χ3v) is 4.13. The van der Waals surface area contributed by atoms with Gasteiger partial charge in [-0.2, -0.15) is 5.10 Å². The number of rotatable bonds is 6. The van der Waals surface area contributed by atoms with Crippen molar-refractivity contribution in [2.75, 3.05) is 25.7 Å². The van der Waals surface area contributed by atoms with Crippen molar-refractivity contribution in [1.82, 2.24) is 0 Å². The van der Waals surface area contributed by atoms with Crippen LogP contribution in [-0.4, -0.2) is 38.6 Å². The highest BCUT2D eigenvalue weighted by Gasteiger charge is 2.33. The fraction of sp³-hybridized carbons (Fsp3) is 0.250. The van der Waals surface area contributed by atoms with E-state index in [-0.39, 0.29) is 5.91 Å². The predicted molar refractivity (Wildman–Crippen MR) is 103 cm³/mol. The Labute approximate surface area is 152 Å².